The number of nitrogens with zero attached hydrogens (tertiary/aromatic N) is 2. The van der Waals surface area contributed by atoms with Crippen LogP contribution in [-0.2, 0) is 27.9 Å². The maximum atomic E-state index is 13.7. The number of hydrogen-bond donors (Lipinski definition) is 2. The zero-order chi connectivity index (χ0) is 19.9. The number of methoxy groups -OCH3 is 1. The van der Waals surface area contributed by atoms with Crippen LogP contribution in [0, 0.1) is 5.82 Å². The van der Waals surface area contributed by atoms with Gasteiger partial charge >= 0.3 is 0 Å². The van der Waals surface area contributed by atoms with Crippen molar-refractivity contribution in [2.75, 3.05) is 33.0 Å². The van der Waals surface area contributed by atoms with Gasteiger partial charge in [0, 0.05) is 45.4 Å². The number of ether oxygens (including phenoxy) is 1. The molecule has 1 aliphatic rings. The number of benzene rings is 1. The van der Waals surface area contributed by atoms with Gasteiger partial charge in [-0.25, -0.2) is 17.1 Å². The van der Waals surface area contributed by atoms with E-state index in [1.807, 2.05) is 0 Å². The average Bonchev–Trinajstić information content (AvgIpc) is 2.68. The molecule has 1 heterocycles. The molecule has 27 heavy (non-hydrogen) atoms. The van der Waals surface area contributed by atoms with Crippen LogP contribution in [0.2, 0.25) is 0 Å². The third-order valence-electron chi connectivity index (χ3n) is 4.65. The van der Waals surface area contributed by atoms with Crippen molar-refractivity contribution in [2.24, 2.45) is 4.99 Å². The molecule has 0 spiro atoms. The predicted molar refractivity (Wildman–Crippen MR) is 105 cm³/mol. The third-order valence-corrected chi connectivity index (χ3v) is 6.53. The Labute approximate surface area is 161 Å². The average molecular weight is 401 g/mol. The van der Waals surface area contributed by atoms with Crippen LogP contribution in [0.25, 0.3) is 0 Å². The van der Waals surface area contributed by atoms with Gasteiger partial charge in [-0.3, -0.25) is 4.99 Å². The Morgan fingerprint density at radius 1 is 1.37 bits per heavy atom. The number of hydrogen-bond acceptors (Lipinski definition) is 4. The molecule has 0 radical (unpaired) electrons. The summed E-state index contributed by atoms with van der Waals surface area (Å²) in [6.45, 7) is 3.43. The second-order valence-corrected chi connectivity index (χ2v) is 8.76. The Morgan fingerprint density at radius 2 is 2.07 bits per heavy atom. The first kappa shape index (κ1) is 21.6. The number of nitrogens with one attached hydrogen (secondary N) is 2. The van der Waals surface area contributed by atoms with Gasteiger partial charge < -0.3 is 15.4 Å². The van der Waals surface area contributed by atoms with E-state index in [2.05, 4.69) is 15.6 Å². The summed E-state index contributed by atoms with van der Waals surface area (Å²) in [5.41, 5.74) is 1.44. The number of guanidine groups is 1. The monoisotopic (exact) mass is 400 g/mol. The number of sulfonamides is 1. The van der Waals surface area contributed by atoms with Crippen LogP contribution in [-0.4, -0.2) is 57.7 Å². The number of rotatable bonds is 7. The highest BCUT2D eigenvalue weighted by atomic mass is 32.2. The molecule has 0 aliphatic carbocycles. The number of halogens is 1. The summed E-state index contributed by atoms with van der Waals surface area (Å²) >= 11 is 0. The van der Waals surface area contributed by atoms with Gasteiger partial charge in [0.1, 0.15) is 5.82 Å². The molecule has 2 N–H and O–H groups in total. The lowest BCUT2D eigenvalue weighted by Crippen LogP contribution is -2.49. The van der Waals surface area contributed by atoms with E-state index in [1.54, 1.807) is 30.4 Å². The van der Waals surface area contributed by atoms with E-state index in [-0.39, 0.29) is 24.2 Å². The zero-order valence-corrected chi connectivity index (χ0v) is 17.0. The van der Waals surface area contributed by atoms with Crippen LogP contribution in [0.1, 0.15) is 30.9 Å². The smallest absolute Gasteiger partial charge is 0.213 e. The molecular formula is C18H29FN4O3S. The van der Waals surface area contributed by atoms with E-state index >= 15 is 0 Å². The van der Waals surface area contributed by atoms with Crippen molar-refractivity contribution in [1.82, 2.24) is 14.9 Å². The Bertz CT molecular complexity index is 747. The minimum Gasteiger partial charge on any atom is -0.380 e. The van der Waals surface area contributed by atoms with Crippen molar-refractivity contribution in [3.05, 3.63) is 35.1 Å². The first-order chi connectivity index (χ1) is 12.9. The minimum absolute atomic E-state index is 0.136. The van der Waals surface area contributed by atoms with Crippen molar-refractivity contribution < 1.29 is 17.5 Å². The Hall–Kier alpha value is -1.71. The minimum atomic E-state index is -3.12. The number of aliphatic imine (C=N–C) groups is 1. The fourth-order valence-electron chi connectivity index (χ4n) is 3.04. The summed E-state index contributed by atoms with van der Waals surface area (Å²) in [6.07, 6.45) is 1.46. The van der Waals surface area contributed by atoms with E-state index in [0.29, 0.717) is 31.2 Å². The van der Waals surface area contributed by atoms with Crippen LogP contribution in [0.3, 0.4) is 0 Å². The lowest BCUT2D eigenvalue weighted by atomic mass is 10.1. The van der Waals surface area contributed by atoms with Crippen LogP contribution >= 0.6 is 0 Å². The van der Waals surface area contributed by atoms with E-state index in [4.69, 9.17) is 4.74 Å². The second-order valence-electron chi connectivity index (χ2n) is 6.50. The summed E-state index contributed by atoms with van der Waals surface area (Å²) in [6, 6.07) is 5.10. The van der Waals surface area contributed by atoms with Gasteiger partial charge in [-0.15, -0.1) is 0 Å². The first-order valence-corrected chi connectivity index (χ1v) is 10.7. The topological polar surface area (TPSA) is 83.0 Å². The molecule has 0 atom stereocenters. The molecule has 1 saturated heterocycles. The van der Waals surface area contributed by atoms with E-state index in [1.165, 1.54) is 13.2 Å². The molecule has 0 unspecified atom stereocenters. The van der Waals surface area contributed by atoms with Crippen molar-refractivity contribution in [2.45, 2.75) is 39.0 Å². The zero-order valence-electron chi connectivity index (χ0n) is 16.2. The predicted octanol–water partition coefficient (Wildman–Crippen LogP) is 1.45. The van der Waals surface area contributed by atoms with E-state index in [9.17, 15) is 12.8 Å². The van der Waals surface area contributed by atoms with Crippen LogP contribution in [0.15, 0.2) is 23.2 Å². The maximum absolute atomic E-state index is 13.7. The SMILES string of the molecule is CCS(=O)(=O)N1CCC(NC(=NC)NCc2ccc(F)c(COC)c2)CC1. The molecule has 1 aliphatic heterocycles. The van der Waals surface area contributed by atoms with E-state index in [0.717, 1.165) is 18.4 Å². The molecular weight excluding hydrogens is 371 g/mol. The van der Waals surface area contributed by atoms with Gasteiger partial charge in [-0.2, -0.15) is 0 Å². The highest BCUT2D eigenvalue weighted by molar-refractivity contribution is 7.89. The Kier molecular flexibility index (Phi) is 8.00. The third kappa shape index (κ3) is 6.15. The lowest BCUT2D eigenvalue weighted by molar-refractivity contribution is 0.181. The van der Waals surface area contributed by atoms with Crippen LogP contribution in [0.4, 0.5) is 4.39 Å². The normalized spacial score (nSPS) is 17.1. The highest BCUT2D eigenvalue weighted by Crippen LogP contribution is 2.15. The molecule has 1 fully saturated rings. The summed E-state index contributed by atoms with van der Waals surface area (Å²) in [7, 11) is 0.104. The molecule has 2 rings (SSSR count). The molecule has 1 aromatic rings. The van der Waals surface area contributed by atoms with Gasteiger partial charge in [0.25, 0.3) is 0 Å². The first-order valence-electron chi connectivity index (χ1n) is 9.10. The molecule has 7 nitrogen and oxygen atoms in total. The largest absolute Gasteiger partial charge is 0.380 e. The van der Waals surface area contributed by atoms with Crippen molar-refractivity contribution in [1.29, 1.82) is 0 Å². The molecule has 0 saturated carbocycles. The molecule has 152 valence electrons. The highest BCUT2D eigenvalue weighted by Gasteiger charge is 2.26. The fourth-order valence-corrected chi connectivity index (χ4v) is 4.17. The molecule has 0 amide bonds. The van der Waals surface area contributed by atoms with Gasteiger partial charge in [-0.1, -0.05) is 6.07 Å². The molecule has 0 bridgehead atoms. The van der Waals surface area contributed by atoms with Gasteiger partial charge in [0.15, 0.2) is 5.96 Å². The summed E-state index contributed by atoms with van der Waals surface area (Å²) in [4.78, 5) is 4.22. The molecule has 1 aromatic carbocycles. The summed E-state index contributed by atoms with van der Waals surface area (Å²) in [5.74, 6) is 0.498. The second kappa shape index (κ2) is 10.0. The Balaban J connectivity index is 1.86. The quantitative estimate of drug-likeness (QED) is 0.535. The van der Waals surface area contributed by atoms with Crippen molar-refractivity contribution >= 4 is 16.0 Å². The van der Waals surface area contributed by atoms with Gasteiger partial charge in [0.2, 0.25) is 10.0 Å². The Morgan fingerprint density at radius 3 is 2.67 bits per heavy atom. The summed E-state index contributed by atoms with van der Waals surface area (Å²) in [5, 5.41) is 6.55. The maximum Gasteiger partial charge on any atom is 0.213 e. The van der Waals surface area contributed by atoms with Gasteiger partial charge in [0.05, 0.1) is 12.4 Å². The van der Waals surface area contributed by atoms with Crippen molar-refractivity contribution in [3.63, 3.8) is 0 Å². The van der Waals surface area contributed by atoms with Gasteiger partial charge in [-0.05, 0) is 37.5 Å². The number of piperidine rings is 1. The van der Waals surface area contributed by atoms with Crippen LogP contribution in [0.5, 0.6) is 0 Å². The van der Waals surface area contributed by atoms with Crippen LogP contribution < -0.4 is 10.6 Å². The molecule has 9 heteroatoms. The fraction of sp³-hybridized carbons (Fsp3) is 0.611. The summed E-state index contributed by atoms with van der Waals surface area (Å²) < 4.78 is 44.1. The standard InChI is InChI=1S/C18H29FN4O3S/c1-4-27(24,25)23-9-7-16(8-10-23)22-18(20-2)21-12-14-5-6-17(19)15(11-14)13-26-3/h5-6,11,16H,4,7-10,12-13H2,1-3H3,(H2,20,21,22). The van der Waals surface area contributed by atoms with Crippen molar-refractivity contribution in [3.8, 4) is 0 Å². The lowest BCUT2D eigenvalue weighted by Gasteiger charge is -2.32. The van der Waals surface area contributed by atoms with E-state index < -0.39 is 10.0 Å². The molecule has 0 aromatic heterocycles.